The van der Waals surface area contributed by atoms with Gasteiger partial charge in [-0.3, -0.25) is 0 Å². The molecule has 4 heteroatoms. The van der Waals surface area contributed by atoms with Crippen LogP contribution < -0.4 is 10.1 Å². The standard InChI is InChI=1S/C17H25F2NO/c1-4-10-20-14-11-15(17(14,5-2)6-3)21-16-12(18)8-7-9-13(16)19/h7-9,14-15,20H,4-6,10-11H2,1-3H3. The number of hydrogen-bond donors (Lipinski definition) is 1. The first-order valence-corrected chi connectivity index (χ1v) is 7.93. The van der Waals surface area contributed by atoms with Crippen LogP contribution in [0.5, 0.6) is 5.75 Å². The average molecular weight is 297 g/mol. The van der Waals surface area contributed by atoms with Gasteiger partial charge in [-0.15, -0.1) is 0 Å². The van der Waals surface area contributed by atoms with Gasteiger partial charge in [-0.25, -0.2) is 8.78 Å². The minimum Gasteiger partial charge on any atom is -0.484 e. The number of para-hydroxylation sites is 1. The van der Waals surface area contributed by atoms with Crippen molar-refractivity contribution in [1.82, 2.24) is 5.32 Å². The van der Waals surface area contributed by atoms with Gasteiger partial charge in [-0.05, 0) is 37.9 Å². The molecule has 0 heterocycles. The van der Waals surface area contributed by atoms with Crippen molar-refractivity contribution in [3.8, 4) is 5.75 Å². The zero-order valence-electron chi connectivity index (χ0n) is 13.1. The summed E-state index contributed by atoms with van der Waals surface area (Å²) in [5.74, 6) is -1.48. The minimum atomic E-state index is -0.624. The van der Waals surface area contributed by atoms with Crippen molar-refractivity contribution in [3.63, 3.8) is 0 Å². The Balaban J connectivity index is 2.13. The molecule has 2 rings (SSSR count). The van der Waals surface area contributed by atoms with E-state index in [1.54, 1.807) is 0 Å². The molecule has 0 saturated heterocycles. The van der Waals surface area contributed by atoms with Gasteiger partial charge in [0.2, 0.25) is 0 Å². The second-order valence-corrected chi connectivity index (χ2v) is 5.84. The summed E-state index contributed by atoms with van der Waals surface area (Å²) in [5.41, 5.74) is -0.0378. The quantitative estimate of drug-likeness (QED) is 0.810. The zero-order valence-corrected chi connectivity index (χ0v) is 13.1. The molecule has 0 bridgehead atoms. The second kappa shape index (κ2) is 6.73. The van der Waals surface area contributed by atoms with Crippen molar-refractivity contribution in [2.45, 2.75) is 58.6 Å². The molecule has 2 nitrogen and oxygen atoms in total. The highest BCUT2D eigenvalue weighted by molar-refractivity contribution is 5.27. The van der Waals surface area contributed by atoms with Crippen LogP contribution >= 0.6 is 0 Å². The van der Waals surface area contributed by atoms with Gasteiger partial charge in [0.15, 0.2) is 17.4 Å². The maximum absolute atomic E-state index is 13.8. The predicted octanol–water partition coefficient (Wildman–Crippen LogP) is 4.29. The summed E-state index contributed by atoms with van der Waals surface area (Å²) in [6.45, 7) is 7.34. The fourth-order valence-electron chi connectivity index (χ4n) is 3.45. The second-order valence-electron chi connectivity index (χ2n) is 5.84. The Morgan fingerprint density at radius 3 is 2.33 bits per heavy atom. The molecule has 0 spiro atoms. The highest BCUT2D eigenvalue weighted by atomic mass is 19.1. The van der Waals surface area contributed by atoms with E-state index >= 15 is 0 Å². The Morgan fingerprint density at radius 1 is 1.19 bits per heavy atom. The van der Waals surface area contributed by atoms with E-state index in [1.165, 1.54) is 18.2 Å². The molecule has 1 aliphatic rings. The summed E-state index contributed by atoms with van der Waals surface area (Å²) in [5, 5.41) is 3.54. The number of halogens is 2. The monoisotopic (exact) mass is 297 g/mol. The van der Waals surface area contributed by atoms with Crippen molar-refractivity contribution in [1.29, 1.82) is 0 Å². The van der Waals surface area contributed by atoms with Gasteiger partial charge < -0.3 is 10.1 Å². The molecule has 0 radical (unpaired) electrons. The summed E-state index contributed by atoms with van der Waals surface area (Å²) in [6.07, 6.45) is 3.62. The summed E-state index contributed by atoms with van der Waals surface area (Å²) >= 11 is 0. The summed E-state index contributed by atoms with van der Waals surface area (Å²) in [4.78, 5) is 0. The summed E-state index contributed by atoms with van der Waals surface area (Å²) < 4.78 is 33.2. The van der Waals surface area contributed by atoms with E-state index in [0.717, 1.165) is 32.2 Å². The fourth-order valence-corrected chi connectivity index (χ4v) is 3.45. The molecule has 21 heavy (non-hydrogen) atoms. The molecule has 1 N–H and O–H groups in total. The smallest absolute Gasteiger partial charge is 0.191 e. The van der Waals surface area contributed by atoms with Gasteiger partial charge in [0.05, 0.1) is 0 Å². The van der Waals surface area contributed by atoms with E-state index in [4.69, 9.17) is 4.74 Å². The molecule has 1 aromatic carbocycles. The first-order valence-electron chi connectivity index (χ1n) is 7.93. The third-order valence-electron chi connectivity index (χ3n) is 4.92. The lowest BCUT2D eigenvalue weighted by molar-refractivity contribution is -0.0886. The molecule has 1 fully saturated rings. The van der Waals surface area contributed by atoms with E-state index in [9.17, 15) is 8.78 Å². The van der Waals surface area contributed by atoms with E-state index in [1.807, 2.05) is 0 Å². The maximum Gasteiger partial charge on any atom is 0.191 e. The van der Waals surface area contributed by atoms with Crippen molar-refractivity contribution >= 4 is 0 Å². The minimum absolute atomic E-state index is 0.0378. The number of benzene rings is 1. The lowest BCUT2D eigenvalue weighted by atomic mass is 9.58. The van der Waals surface area contributed by atoms with Gasteiger partial charge in [0, 0.05) is 17.9 Å². The number of nitrogens with one attached hydrogen (secondary N) is 1. The topological polar surface area (TPSA) is 21.3 Å². The van der Waals surface area contributed by atoms with E-state index in [0.29, 0.717) is 6.04 Å². The largest absolute Gasteiger partial charge is 0.484 e. The molecule has 2 unspecified atom stereocenters. The van der Waals surface area contributed by atoms with Crippen LogP contribution in [-0.2, 0) is 0 Å². The van der Waals surface area contributed by atoms with Crippen molar-refractivity contribution in [2.75, 3.05) is 6.54 Å². The number of rotatable bonds is 7. The van der Waals surface area contributed by atoms with E-state index < -0.39 is 11.6 Å². The summed E-state index contributed by atoms with van der Waals surface area (Å²) in [7, 11) is 0. The Hall–Kier alpha value is -1.16. The van der Waals surface area contributed by atoms with E-state index in [-0.39, 0.29) is 17.3 Å². The average Bonchev–Trinajstić information content (AvgIpc) is 2.46. The fraction of sp³-hybridized carbons (Fsp3) is 0.647. The zero-order chi connectivity index (χ0) is 15.5. The van der Waals surface area contributed by atoms with Crippen molar-refractivity contribution in [3.05, 3.63) is 29.8 Å². The normalized spacial score (nSPS) is 23.7. The molecule has 118 valence electrons. The summed E-state index contributed by atoms with van der Waals surface area (Å²) in [6, 6.07) is 4.20. The molecule has 1 aliphatic carbocycles. The molecule has 0 aromatic heterocycles. The Labute approximate surface area is 125 Å². The van der Waals surface area contributed by atoms with Crippen molar-refractivity contribution in [2.24, 2.45) is 5.41 Å². The molecule has 1 saturated carbocycles. The Bertz CT molecular complexity index is 454. The van der Waals surface area contributed by atoms with Crippen LogP contribution in [0.2, 0.25) is 0 Å². The van der Waals surface area contributed by atoms with Crippen LogP contribution in [0.3, 0.4) is 0 Å². The van der Waals surface area contributed by atoms with E-state index in [2.05, 4.69) is 26.1 Å². The predicted molar refractivity (Wildman–Crippen MR) is 80.5 cm³/mol. The van der Waals surface area contributed by atoms with Crippen LogP contribution in [-0.4, -0.2) is 18.7 Å². The van der Waals surface area contributed by atoms with Crippen LogP contribution in [0.1, 0.15) is 46.5 Å². The van der Waals surface area contributed by atoms with Crippen LogP contribution in [0.4, 0.5) is 8.78 Å². The van der Waals surface area contributed by atoms with Crippen LogP contribution in [0, 0.1) is 17.0 Å². The molecular formula is C17H25F2NO. The van der Waals surface area contributed by atoms with Gasteiger partial charge in [0.25, 0.3) is 0 Å². The Kier molecular flexibility index (Phi) is 5.20. The van der Waals surface area contributed by atoms with Crippen molar-refractivity contribution < 1.29 is 13.5 Å². The lowest BCUT2D eigenvalue weighted by Crippen LogP contribution is -2.64. The first-order chi connectivity index (χ1) is 10.1. The molecule has 0 aliphatic heterocycles. The molecule has 2 atom stereocenters. The highest BCUT2D eigenvalue weighted by Gasteiger charge is 2.54. The molecule has 1 aromatic rings. The maximum atomic E-state index is 13.8. The third kappa shape index (κ3) is 2.91. The van der Waals surface area contributed by atoms with Crippen LogP contribution in [0.25, 0.3) is 0 Å². The van der Waals surface area contributed by atoms with Gasteiger partial charge >= 0.3 is 0 Å². The van der Waals surface area contributed by atoms with Gasteiger partial charge in [-0.2, -0.15) is 0 Å². The Morgan fingerprint density at radius 2 is 1.81 bits per heavy atom. The molecular weight excluding hydrogens is 272 g/mol. The SMILES string of the molecule is CCCNC1CC(Oc2c(F)cccc2F)C1(CC)CC. The number of ether oxygens (including phenoxy) is 1. The van der Waals surface area contributed by atoms with Gasteiger partial charge in [-0.1, -0.05) is 26.8 Å². The number of hydrogen-bond acceptors (Lipinski definition) is 2. The third-order valence-corrected chi connectivity index (χ3v) is 4.92. The lowest BCUT2D eigenvalue weighted by Gasteiger charge is -2.55. The van der Waals surface area contributed by atoms with Gasteiger partial charge in [0.1, 0.15) is 6.10 Å². The first kappa shape index (κ1) is 16.2. The molecule has 0 amide bonds. The highest BCUT2D eigenvalue weighted by Crippen LogP contribution is 2.49. The van der Waals surface area contributed by atoms with Crippen LogP contribution in [0.15, 0.2) is 18.2 Å².